The molecule has 0 saturated carbocycles. The van der Waals surface area contributed by atoms with Crippen molar-refractivity contribution in [2.24, 2.45) is 7.05 Å². The molecule has 0 saturated heterocycles. The second kappa shape index (κ2) is 7.83. The summed E-state index contributed by atoms with van der Waals surface area (Å²) in [6, 6.07) is 4.94. The highest BCUT2D eigenvalue weighted by molar-refractivity contribution is 6.43. The van der Waals surface area contributed by atoms with Gasteiger partial charge >= 0.3 is 0 Å². The Morgan fingerprint density at radius 2 is 1.79 bits per heavy atom. The summed E-state index contributed by atoms with van der Waals surface area (Å²) in [4.78, 5) is 37.2. The number of carbonyl (C=O) groups is 3. The summed E-state index contributed by atoms with van der Waals surface area (Å²) >= 11 is 0. The van der Waals surface area contributed by atoms with Crippen LogP contribution in [0.25, 0.3) is 0 Å². The van der Waals surface area contributed by atoms with Gasteiger partial charge in [-0.05, 0) is 45.9 Å². The minimum absolute atomic E-state index is 0.0737. The number of halogens is 2. The lowest BCUT2D eigenvalue weighted by Crippen LogP contribution is -2.44. The minimum atomic E-state index is -1.14. The quantitative estimate of drug-likeness (QED) is 0.606. The molecule has 0 bridgehead atoms. The van der Waals surface area contributed by atoms with Crippen molar-refractivity contribution < 1.29 is 23.2 Å². The number of ketones is 1. The molecule has 152 valence electrons. The predicted octanol–water partition coefficient (Wildman–Crippen LogP) is 2.83. The van der Waals surface area contributed by atoms with Crippen LogP contribution < -0.4 is 10.6 Å². The molecule has 0 radical (unpaired) electrons. The average Bonchev–Trinajstić information content (AvgIpc) is 2.83. The maximum Gasteiger partial charge on any atom is 0.292 e. The Hall–Kier alpha value is -3.54. The van der Waals surface area contributed by atoms with E-state index >= 15 is 0 Å². The fourth-order valence-electron chi connectivity index (χ4n) is 2.67. The van der Waals surface area contributed by atoms with E-state index in [1.165, 1.54) is 20.0 Å². The predicted molar refractivity (Wildman–Crippen MR) is 101 cm³/mol. The molecule has 7 nitrogen and oxygen atoms in total. The highest BCUT2D eigenvalue weighted by Gasteiger charge is 2.32. The molecular formula is C20H20F2N4O3. The highest BCUT2D eigenvalue weighted by Crippen LogP contribution is 2.23. The number of aromatic nitrogens is 1. The lowest BCUT2D eigenvalue weighted by Gasteiger charge is -2.19. The molecule has 0 atom stereocenters. The number of carbonyl (C=O) groups excluding carboxylic acids is 3. The van der Waals surface area contributed by atoms with E-state index in [-0.39, 0.29) is 16.9 Å². The summed E-state index contributed by atoms with van der Waals surface area (Å²) < 4.78 is 29.5. The smallest absolute Gasteiger partial charge is 0.292 e. The topological polar surface area (TPSA) is 104 Å². The van der Waals surface area contributed by atoms with Crippen LogP contribution >= 0.6 is 0 Å². The molecule has 0 aliphatic carbocycles. The number of amides is 2. The van der Waals surface area contributed by atoms with Gasteiger partial charge in [0.05, 0.1) is 11.1 Å². The Labute approximate surface area is 166 Å². The molecular weight excluding hydrogens is 382 g/mol. The van der Waals surface area contributed by atoms with Gasteiger partial charge in [0.25, 0.3) is 17.6 Å². The third kappa shape index (κ3) is 4.48. The number of benzene rings is 1. The number of hydrogen-bond acceptors (Lipinski definition) is 4. The molecule has 1 heterocycles. The van der Waals surface area contributed by atoms with E-state index < -0.39 is 46.0 Å². The third-order valence-electron chi connectivity index (χ3n) is 4.11. The first-order chi connectivity index (χ1) is 13.4. The number of nitriles is 1. The molecule has 1 aromatic heterocycles. The standard InChI is InChI=1S/C20H20F2N4O3/c1-10-14(17(27)19(29)25-20(2,3)4)15(22)16(26(10)5)18(28)24-12-6-7-13(21)11(8-12)9-23/h6-8H,1-5H3,(H,24,28)(H,25,29). The van der Waals surface area contributed by atoms with Crippen LogP contribution in [0.5, 0.6) is 0 Å². The third-order valence-corrected chi connectivity index (χ3v) is 4.11. The van der Waals surface area contributed by atoms with E-state index in [1.54, 1.807) is 26.8 Å². The fourth-order valence-corrected chi connectivity index (χ4v) is 2.67. The maximum atomic E-state index is 15.0. The molecule has 29 heavy (non-hydrogen) atoms. The SMILES string of the molecule is Cc1c(C(=O)C(=O)NC(C)(C)C)c(F)c(C(=O)Nc2ccc(F)c(C#N)c2)n1C. The molecule has 1 aromatic carbocycles. The van der Waals surface area contributed by atoms with Gasteiger partial charge in [-0.3, -0.25) is 14.4 Å². The van der Waals surface area contributed by atoms with Crippen molar-refractivity contribution in [3.05, 3.63) is 52.3 Å². The molecule has 2 aromatic rings. The molecule has 2 N–H and O–H groups in total. The second-order valence-corrected chi connectivity index (χ2v) is 7.48. The molecule has 2 amide bonds. The Morgan fingerprint density at radius 1 is 1.17 bits per heavy atom. The van der Waals surface area contributed by atoms with Crippen LogP contribution in [0.2, 0.25) is 0 Å². The average molecular weight is 402 g/mol. The van der Waals surface area contributed by atoms with Crippen LogP contribution in [0, 0.1) is 29.9 Å². The number of Topliss-reactive ketones (excluding diaryl/α,β-unsaturated/α-hetero) is 1. The monoisotopic (exact) mass is 402 g/mol. The van der Waals surface area contributed by atoms with Crippen molar-refractivity contribution in [3.63, 3.8) is 0 Å². The first-order valence-corrected chi connectivity index (χ1v) is 8.60. The first-order valence-electron chi connectivity index (χ1n) is 8.60. The molecule has 0 unspecified atom stereocenters. The van der Waals surface area contributed by atoms with E-state index in [9.17, 15) is 23.2 Å². The number of hydrogen-bond donors (Lipinski definition) is 2. The normalized spacial score (nSPS) is 11.0. The largest absolute Gasteiger partial charge is 0.345 e. The van der Waals surface area contributed by atoms with E-state index in [4.69, 9.17) is 5.26 Å². The van der Waals surface area contributed by atoms with Crippen molar-refractivity contribution in [1.29, 1.82) is 5.26 Å². The summed E-state index contributed by atoms with van der Waals surface area (Å²) in [5, 5.41) is 13.7. The van der Waals surface area contributed by atoms with Gasteiger partial charge < -0.3 is 15.2 Å². The molecule has 2 rings (SSSR count). The summed E-state index contributed by atoms with van der Waals surface area (Å²) in [5.74, 6) is -4.91. The van der Waals surface area contributed by atoms with E-state index in [0.29, 0.717) is 0 Å². The van der Waals surface area contributed by atoms with Gasteiger partial charge in [0.15, 0.2) is 5.82 Å². The van der Waals surface area contributed by atoms with Gasteiger partial charge in [0, 0.05) is 24.0 Å². The number of nitrogens with zero attached hydrogens (tertiary/aromatic N) is 2. The summed E-state index contributed by atoms with van der Waals surface area (Å²) in [6.45, 7) is 6.42. The number of nitrogens with one attached hydrogen (secondary N) is 2. The van der Waals surface area contributed by atoms with Gasteiger partial charge in [0.2, 0.25) is 0 Å². The zero-order chi connectivity index (χ0) is 22.1. The van der Waals surface area contributed by atoms with Crippen molar-refractivity contribution in [1.82, 2.24) is 9.88 Å². The summed E-state index contributed by atoms with van der Waals surface area (Å²) in [6.07, 6.45) is 0. The Kier molecular flexibility index (Phi) is 5.88. The Bertz CT molecular complexity index is 1060. The fraction of sp³-hybridized carbons (Fsp3) is 0.300. The van der Waals surface area contributed by atoms with Crippen LogP contribution in [0.15, 0.2) is 18.2 Å². The van der Waals surface area contributed by atoms with Gasteiger partial charge in [-0.1, -0.05) is 0 Å². The van der Waals surface area contributed by atoms with Crippen molar-refractivity contribution in [2.45, 2.75) is 33.2 Å². The van der Waals surface area contributed by atoms with Crippen LogP contribution in [0.4, 0.5) is 14.5 Å². The lowest BCUT2D eigenvalue weighted by atomic mass is 10.1. The Morgan fingerprint density at radius 3 is 2.34 bits per heavy atom. The van der Waals surface area contributed by atoms with E-state index in [1.807, 2.05) is 0 Å². The second-order valence-electron chi connectivity index (χ2n) is 7.48. The lowest BCUT2D eigenvalue weighted by molar-refractivity contribution is -0.118. The van der Waals surface area contributed by atoms with Gasteiger partial charge in [-0.15, -0.1) is 0 Å². The highest BCUT2D eigenvalue weighted by atomic mass is 19.1. The van der Waals surface area contributed by atoms with Crippen molar-refractivity contribution >= 4 is 23.3 Å². The zero-order valence-electron chi connectivity index (χ0n) is 16.6. The molecule has 0 aliphatic heterocycles. The number of rotatable bonds is 4. The van der Waals surface area contributed by atoms with E-state index in [2.05, 4.69) is 10.6 Å². The number of anilines is 1. The van der Waals surface area contributed by atoms with Gasteiger partial charge in [0.1, 0.15) is 17.6 Å². The minimum Gasteiger partial charge on any atom is -0.345 e. The maximum absolute atomic E-state index is 15.0. The van der Waals surface area contributed by atoms with Crippen LogP contribution in [0.3, 0.4) is 0 Å². The van der Waals surface area contributed by atoms with Gasteiger partial charge in [-0.25, -0.2) is 8.78 Å². The Balaban J connectivity index is 2.39. The van der Waals surface area contributed by atoms with Crippen molar-refractivity contribution in [3.8, 4) is 6.07 Å². The van der Waals surface area contributed by atoms with Crippen molar-refractivity contribution in [2.75, 3.05) is 5.32 Å². The van der Waals surface area contributed by atoms with Crippen LogP contribution in [0.1, 0.15) is 52.9 Å². The molecule has 0 fully saturated rings. The van der Waals surface area contributed by atoms with Crippen LogP contribution in [-0.4, -0.2) is 27.7 Å². The molecule has 0 aliphatic rings. The zero-order valence-corrected chi connectivity index (χ0v) is 16.6. The summed E-state index contributed by atoms with van der Waals surface area (Å²) in [5.41, 5.74) is -1.80. The molecule has 0 spiro atoms. The van der Waals surface area contributed by atoms with E-state index in [0.717, 1.165) is 16.7 Å². The van der Waals surface area contributed by atoms with Crippen LogP contribution in [-0.2, 0) is 11.8 Å². The first kappa shape index (κ1) is 21.8. The molecule has 9 heteroatoms. The van der Waals surface area contributed by atoms with Gasteiger partial charge in [-0.2, -0.15) is 5.26 Å². The summed E-state index contributed by atoms with van der Waals surface area (Å²) in [7, 11) is 1.37.